The number of hydrogen-bond donors (Lipinski definition) is 2. The van der Waals surface area contributed by atoms with Gasteiger partial charge in [-0.1, -0.05) is 6.07 Å². The average Bonchev–Trinajstić information content (AvgIpc) is 2.74. The van der Waals surface area contributed by atoms with Gasteiger partial charge in [-0.15, -0.1) is 11.8 Å². The quantitative estimate of drug-likeness (QED) is 0.619. The number of nitrogens with two attached hydrogens (primary N) is 2. The van der Waals surface area contributed by atoms with Gasteiger partial charge in [0, 0.05) is 16.5 Å². The lowest BCUT2D eigenvalue weighted by molar-refractivity contribution is 0.337. The molecule has 8 heteroatoms. The van der Waals surface area contributed by atoms with Crippen LogP contribution in [0.3, 0.4) is 0 Å². The number of nitrogen functional groups attached to an aromatic ring is 2. The molecule has 1 aliphatic heterocycles. The molecule has 2 aromatic carbocycles. The van der Waals surface area contributed by atoms with Gasteiger partial charge in [-0.3, -0.25) is 0 Å². The molecule has 1 unspecified atom stereocenters. The minimum absolute atomic E-state index is 0.0476. The number of hydrogen-bond acceptors (Lipinski definition) is 8. The second kappa shape index (κ2) is 8.05. The minimum atomic E-state index is -0.243. The molecule has 0 radical (unpaired) electrons. The third-order valence-electron chi connectivity index (χ3n) is 4.74. The lowest BCUT2D eigenvalue weighted by Gasteiger charge is -2.29. The summed E-state index contributed by atoms with van der Waals surface area (Å²) in [6.45, 7) is 2.47. The number of nitriles is 1. The van der Waals surface area contributed by atoms with Crippen LogP contribution in [0.5, 0.6) is 23.1 Å². The molecule has 1 atom stereocenters. The summed E-state index contributed by atoms with van der Waals surface area (Å²) in [6.07, 6.45) is 0. The zero-order valence-corrected chi connectivity index (χ0v) is 17.3. The van der Waals surface area contributed by atoms with Crippen molar-refractivity contribution in [2.24, 2.45) is 0 Å². The Bertz CT molecular complexity index is 1140. The molecule has 30 heavy (non-hydrogen) atoms. The maximum absolute atomic E-state index is 9.50. The number of pyridine rings is 1. The van der Waals surface area contributed by atoms with E-state index in [9.17, 15) is 5.26 Å². The summed E-state index contributed by atoms with van der Waals surface area (Å²) in [4.78, 5) is 5.32. The predicted molar refractivity (Wildman–Crippen MR) is 116 cm³/mol. The molecule has 0 bridgehead atoms. The van der Waals surface area contributed by atoms with Crippen molar-refractivity contribution in [3.63, 3.8) is 0 Å². The van der Waals surface area contributed by atoms with E-state index in [-0.39, 0.29) is 22.3 Å². The van der Waals surface area contributed by atoms with E-state index in [1.807, 2.05) is 55.5 Å². The van der Waals surface area contributed by atoms with Crippen LogP contribution in [-0.4, -0.2) is 18.7 Å². The number of ether oxygens (including phenoxy) is 3. The predicted octanol–water partition coefficient (Wildman–Crippen LogP) is 4.51. The average molecular weight is 420 g/mol. The summed E-state index contributed by atoms with van der Waals surface area (Å²) < 4.78 is 16.9. The Morgan fingerprint density at radius 1 is 1.17 bits per heavy atom. The van der Waals surface area contributed by atoms with Crippen molar-refractivity contribution in [1.82, 2.24) is 4.98 Å². The van der Waals surface area contributed by atoms with E-state index in [0.717, 1.165) is 16.2 Å². The standard InChI is InChI=1S/C22H20N4O3S/c1-3-28-13-6-9-15-17(10-13)29-22-18(19(24)16(11-23)21(25)26-22)20(15)30-14-7-4-12(27-2)5-8-14/h4-10,20H,3H2,1-2H3,(H4,24,25,26). The van der Waals surface area contributed by atoms with Gasteiger partial charge in [-0.25, -0.2) is 0 Å². The molecule has 7 nitrogen and oxygen atoms in total. The number of fused-ring (bicyclic) bond motifs is 2. The van der Waals surface area contributed by atoms with Crippen molar-refractivity contribution in [3.05, 3.63) is 59.2 Å². The number of nitrogens with zero attached hydrogens (tertiary/aromatic N) is 2. The Balaban J connectivity index is 1.85. The van der Waals surface area contributed by atoms with E-state index in [1.54, 1.807) is 18.9 Å². The molecular formula is C22H20N4O3S. The van der Waals surface area contributed by atoms with Crippen molar-refractivity contribution in [2.75, 3.05) is 25.2 Å². The third kappa shape index (κ3) is 3.44. The van der Waals surface area contributed by atoms with Gasteiger partial charge < -0.3 is 25.7 Å². The van der Waals surface area contributed by atoms with Gasteiger partial charge >= 0.3 is 0 Å². The van der Waals surface area contributed by atoms with Crippen molar-refractivity contribution in [1.29, 1.82) is 5.26 Å². The zero-order chi connectivity index (χ0) is 21.3. The number of benzene rings is 2. The summed E-state index contributed by atoms with van der Waals surface area (Å²) in [6, 6.07) is 15.5. The molecule has 3 aromatic rings. The first-order valence-corrected chi connectivity index (χ1v) is 10.2. The highest BCUT2D eigenvalue weighted by atomic mass is 32.2. The number of anilines is 2. The van der Waals surface area contributed by atoms with E-state index in [2.05, 4.69) is 4.98 Å². The fourth-order valence-corrected chi connectivity index (χ4v) is 4.54. The topological polar surface area (TPSA) is 116 Å². The van der Waals surface area contributed by atoms with Crippen LogP contribution in [0.1, 0.15) is 28.9 Å². The van der Waals surface area contributed by atoms with Crippen molar-refractivity contribution in [3.8, 4) is 29.2 Å². The van der Waals surface area contributed by atoms with Gasteiger partial charge in [0.05, 0.1) is 30.2 Å². The first-order valence-electron chi connectivity index (χ1n) is 9.30. The van der Waals surface area contributed by atoms with Gasteiger partial charge in [0.2, 0.25) is 5.88 Å². The molecule has 2 heterocycles. The summed E-state index contributed by atoms with van der Waals surface area (Å²) in [5.74, 6) is 2.44. The Kier molecular flexibility index (Phi) is 5.29. The van der Waals surface area contributed by atoms with Gasteiger partial charge in [-0.2, -0.15) is 10.2 Å². The van der Waals surface area contributed by atoms with E-state index in [4.69, 9.17) is 25.7 Å². The Hall–Kier alpha value is -3.57. The maximum atomic E-state index is 9.50. The minimum Gasteiger partial charge on any atom is -0.497 e. The van der Waals surface area contributed by atoms with Gasteiger partial charge in [-0.05, 0) is 37.3 Å². The van der Waals surface area contributed by atoms with Crippen LogP contribution < -0.4 is 25.7 Å². The van der Waals surface area contributed by atoms with Gasteiger partial charge in [0.25, 0.3) is 0 Å². The lowest BCUT2D eigenvalue weighted by Crippen LogP contribution is -2.15. The third-order valence-corrected chi connectivity index (χ3v) is 6.01. The molecule has 0 aliphatic carbocycles. The van der Waals surface area contributed by atoms with Crippen LogP contribution >= 0.6 is 11.8 Å². The molecule has 0 spiro atoms. The van der Waals surface area contributed by atoms with E-state index in [1.165, 1.54) is 0 Å². The largest absolute Gasteiger partial charge is 0.497 e. The summed E-state index contributed by atoms with van der Waals surface area (Å²) in [5.41, 5.74) is 14.3. The molecule has 4 N–H and O–H groups in total. The van der Waals surface area contributed by atoms with E-state index < -0.39 is 0 Å². The van der Waals surface area contributed by atoms with Gasteiger partial charge in [0.1, 0.15) is 34.7 Å². The van der Waals surface area contributed by atoms with Crippen LogP contribution in [0.2, 0.25) is 0 Å². The molecule has 0 fully saturated rings. The lowest BCUT2D eigenvalue weighted by atomic mass is 9.98. The molecule has 1 aliphatic rings. The molecule has 0 saturated carbocycles. The number of methoxy groups -OCH3 is 1. The smallest absolute Gasteiger partial charge is 0.228 e. The van der Waals surface area contributed by atoms with Crippen LogP contribution in [0, 0.1) is 11.3 Å². The van der Waals surface area contributed by atoms with Crippen LogP contribution in [0.4, 0.5) is 11.5 Å². The molecule has 4 rings (SSSR count). The number of aromatic nitrogens is 1. The van der Waals surface area contributed by atoms with Crippen molar-refractivity contribution in [2.45, 2.75) is 17.1 Å². The second-order valence-corrected chi connectivity index (χ2v) is 7.70. The Morgan fingerprint density at radius 3 is 2.57 bits per heavy atom. The van der Waals surface area contributed by atoms with E-state index in [0.29, 0.717) is 29.5 Å². The van der Waals surface area contributed by atoms with Crippen molar-refractivity contribution < 1.29 is 14.2 Å². The Labute approximate surface area is 178 Å². The van der Waals surface area contributed by atoms with Crippen LogP contribution in [0.15, 0.2) is 47.4 Å². The SMILES string of the molecule is CCOc1ccc2c(c1)Oc1nc(N)c(C#N)c(N)c1C2Sc1ccc(OC)cc1. The summed E-state index contributed by atoms with van der Waals surface area (Å²) in [5, 5.41) is 9.25. The fourth-order valence-electron chi connectivity index (χ4n) is 3.31. The second-order valence-electron chi connectivity index (χ2n) is 6.52. The van der Waals surface area contributed by atoms with Crippen LogP contribution in [0.25, 0.3) is 0 Å². The van der Waals surface area contributed by atoms with Crippen molar-refractivity contribution >= 4 is 23.3 Å². The highest BCUT2D eigenvalue weighted by Crippen LogP contribution is 2.54. The molecular weight excluding hydrogens is 400 g/mol. The summed E-state index contributed by atoms with van der Waals surface area (Å²) in [7, 11) is 1.63. The van der Waals surface area contributed by atoms with Gasteiger partial charge in [0.15, 0.2) is 0 Å². The first-order chi connectivity index (χ1) is 14.5. The first kappa shape index (κ1) is 19.7. The number of thioether (sulfide) groups is 1. The molecule has 152 valence electrons. The van der Waals surface area contributed by atoms with E-state index >= 15 is 0 Å². The zero-order valence-electron chi connectivity index (χ0n) is 16.5. The molecule has 0 amide bonds. The normalized spacial score (nSPS) is 14.1. The number of rotatable bonds is 5. The monoisotopic (exact) mass is 420 g/mol. The fraction of sp³-hybridized carbons (Fsp3) is 0.182. The maximum Gasteiger partial charge on any atom is 0.228 e. The highest BCUT2D eigenvalue weighted by Gasteiger charge is 2.33. The summed E-state index contributed by atoms with van der Waals surface area (Å²) >= 11 is 1.58. The highest BCUT2D eigenvalue weighted by molar-refractivity contribution is 7.99. The molecule has 1 aromatic heterocycles. The van der Waals surface area contributed by atoms with Crippen LogP contribution in [-0.2, 0) is 0 Å². The molecule has 0 saturated heterocycles. The Morgan fingerprint density at radius 2 is 1.90 bits per heavy atom.